The highest BCUT2D eigenvalue weighted by Gasteiger charge is 2.32. The lowest BCUT2D eigenvalue weighted by atomic mass is 10.1. The molecule has 3 aromatic rings. The topological polar surface area (TPSA) is 84.7 Å². The van der Waals surface area contributed by atoms with Crippen molar-refractivity contribution in [1.82, 2.24) is 19.0 Å². The molecule has 0 unspecified atom stereocenters. The molecule has 212 valence electrons. The third kappa shape index (κ3) is 6.72. The number of hydrogen-bond donors (Lipinski definition) is 0. The highest BCUT2D eigenvalue weighted by Crippen LogP contribution is 2.35. The number of ether oxygens (including phenoxy) is 1. The molecular formula is C29H34N4O4S3. The second-order valence-corrected chi connectivity index (χ2v) is 12.9. The Morgan fingerprint density at radius 3 is 2.48 bits per heavy atom. The van der Waals surface area contributed by atoms with Crippen molar-refractivity contribution in [1.29, 1.82) is 0 Å². The smallest absolute Gasteiger partial charge is 0.266 e. The van der Waals surface area contributed by atoms with Crippen LogP contribution in [-0.2, 0) is 19.6 Å². The number of rotatable bonds is 13. The van der Waals surface area contributed by atoms with Crippen LogP contribution in [0, 0.1) is 0 Å². The van der Waals surface area contributed by atoms with Crippen molar-refractivity contribution < 1.29 is 17.9 Å². The van der Waals surface area contributed by atoms with Gasteiger partial charge in [0, 0.05) is 50.7 Å². The third-order valence-electron chi connectivity index (χ3n) is 6.34. The zero-order chi connectivity index (χ0) is 28.7. The number of thioether (sulfide) groups is 1. The van der Waals surface area contributed by atoms with E-state index in [1.54, 1.807) is 41.0 Å². The summed E-state index contributed by atoms with van der Waals surface area (Å²) in [5.74, 6) is -0.157. The fourth-order valence-corrected chi connectivity index (χ4v) is 7.41. The van der Waals surface area contributed by atoms with Crippen LogP contribution in [0.1, 0.15) is 38.7 Å². The summed E-state index contributed by atoms with van der Waals surface area (Å²) in [6, 6.07) is 16.5. The van der Waals surface area contributed by atoms with E-state index >= 15 is 0 Å². The lowest BCUT2D eigenvalue weighted by Crippen LogP contribution is -2.32. The first-order valence-electron chi connectivity index (χ1n) is 13.3. The number of thiocarbonyl (C=S) groups is 1. The predicted octanol–water partition coefficient (Wildman–Crippen LogP) is 5.59. The first-order valence-corrected chi connectivity index (χ1v) is 16.0. The lowest BCUT2D eigenvalue weighted by molar-refractivity contribution is -0.122. The van der Waals surface area contributed by atoms with Crippen molar-refractivity contribution in [2.45, 2.75) is 38.0 Å². The molecule has 0 N–H and O–H groups in total. The van der Waals surface area contributed by atoms with Crippen molar-refractivity contribution in [3.05, 3.63) is 71.3 Å². The highest BCUT2D eigenvalue weighted by molar-refractivity contribution is 8.26. The molecular weight excluding hydrogens is 565 g/mol. The quantitative estimate of drug-likeness (QED) is 0.144. The molecule has 0 aliphatic carbocycles. The number of aromatic nitrogens is 2. The molecule has 2 aromatic carbocycles. The Kier molecular flexibility index (Phi) is 10.3. The van der Waals surface area contributed by atoms with Gasteiger partial charge in [-0.2, -0.15) is 9.40 Å². The van der Waals surface area contributed by atoms with Crippen LogP contribution in [0.3, 0.4) is 0 Å². The Hall–Kier alpha value is -2.83. The Labute approximate surface area is 246 Å². The van der Waals surface area contributed by atoms with Gasteiger partial charge >= 0.3 is 0 Å². The monoisotopic (exact) mass is 598 g/mol. The van der Waals surface area contributed by atoms with Crippen LogP contribution in [0.4, 0.5) is 0 Å². The Bertz CT molecular complexity index is 1480. The molecule has 0 spiro atoms. The van der Waals surface area contributed by atoms with Crippen molar-refractivity contribution in [2.24, 2.45) is 0 Å². The van der Waals surface area contributed by atoms with Gasteiger partial charge in [-0.1, -0.05) is 68.2 Å². The number of para-hydroxylation sites is 1. The number of sulfonamides is 1. The molecule has 1 aliphatic rings. The zero-order valence-electron chi connectivity index (χ0n) is 22.9. The third-order valence-corrected chi connectivity index (χ3v) is 9.62. The molecule has 2 heterocycles. The standard InChI is InChI=1S/C29H34N4O4S3/c1-4-15-31(16-5-2)40(35,36)25-14-9-11-22(19-25)27-23(21-33(30-27)24-12-7-6-8-13-24)20-26-28(34)32(29(38)39-26)17-10-18-37-3/h6-9,11-14,19-21H,4-5,10,15-18H2,1-3H3. The molecule has 1 aliphatic heterocycles. The number of carbonyl (C=O) groups excluding carboxylic acids is 1. The van der Waals surface area contributed by atoms with Crippen molar-refractivity contribution >= 4 is 50.3 Å². The van der Waals surface area contributed by atoms with Gasteiger partial charge in [0.1, 0.15) is 10.0 Å². The molecule has 0 bridgehead atoms. The second kappa shape index (κ2) is 13.7. The number of amides is 1. The fourth-order valence-electron chi connectivity index (χ4n) is 4.44. The maximum absolute atomic E-state index is 13.5. The van der Waals surface area contributed by atoms with Crippen LogP contribution < -0.4 is 0 Å². The Balaban J connectivity index is 1.77. The van der Waals surface area contributed by atoms with Gasteiger partial charge in [-0.3, -0.25) is 9.69 Å². The number of methoxy groups -OCH3 is 1. The molecule has 40 heavy (non-hydrogen) atoms. The molecule has 1 aromatic heterocycles. The predicted molar refractivity (Wildman–Crippen MR) is 165 cm³/mol. The van der Waals surface area contributed by atoms with Gasteiger partial charge in [0.15, 0.2) is 0 Å². The van der Waals surface area contributed by atoms with E-state index in [0.29, 0.717) is 58.7 Å². The zero-order valence-corrected chi connectivity index (χ0v) is 25.4. The van der Waals surface area contributed by atoms with E-state index in [2.05, 4.69) is 0 Å². The summed E-state index contributed by atoms with van der Waals surface area (Å²) in [6.07, 6.45) is 5.78. The second-order valence-electron chi connectivity index (χ2n) is 9.32. The van der Waals surface area contributed by atoms with Gasteiger partial charge in [0.25, 0.3) is 5.91 Å². The Morgan fingerprint density at radius 2 is 1.80 bits per heavy atom. The van der Waals surface area contributed by atoms with E-state index in [0.717, 1.165) is 18.5 Å². The van der Waals surface area contributed by atoms with E-state index in [-0.39, 0.29) is 10.8 Å². The Morgan fingerprint density at radius 1 is 1.07 bits per heavy atom. The molecule has 0 atom stereocenters. The minimum atomic E-state index is -3.68. The van der Waals surface area contributed by atoms with Crippen molar-refractivity contribution in [3.63, 3.8) is 0 Å². The number of carbonyl (C=O) groups is 1. The van der Waals surface area contributed by atoms with Gasteiger partial charge < -0.3 is 4.74 Å². The van der Waals surface area contributed by atoms with Crippen LogP contribution >= 0.6 is 24.0 Å². The van der Waals surface area contributed by atoms with Gasteiger partial charge in [0.05, 0.1) is 15.5 Å². The molecule has 4 rings (SSSR count). The van der Waals surface area contributed by atoms with Crippen LogP contribution in [-0.4, -0.2) is 71.0 Å². The SMILES string of the molecule is CCCN(CCC)S(=O)(=O)c1cccc(-c2nn(-c3ccccc3)cc2C=C2SC(=S)N(CCCOC)C2=O)c1. The minimum Gasteiger partial charge on any atom is -0.385 e. The number of hydrogen-bond acceptors (Lipinski definition) is 7. The number of benzene rings is 2. The molecule has 0 radical (unpaired) electrons. The lowest BCUT2D eigenvalue weighted by Gasteiger charge is -2.21. The van der Waals surface area contributed by atoms with Crippen LogP contribution in [0.15, 0.2) is 70.6 Å². The van der Waals surface area contributed by atoms with Gasteiger partial charge in [-0.15, -0.1) is 0 Å². The summed E-state index contributed by atoms with van der Waals surface area (Å²) >= 11 is 6.74. The molecule has 0 saturated carbocycles. The average Bonchev–Trinajstić information content (AvgIpc) is 3.50. The molecule has 11 heteroatoms. The summed E-state index contributed by atoms with van der Waals surface area (Å²) in [6.45, 7) is 5.88. The molecule has 1 fully saturated rings. The van der Waals surface area contributed by atoms with E-state index < -0.39 is 10.0 Å². The van der Waals surface area contributed by atoms with Crippen molar-refractivity contribution in [3.8, 4) is 16.9 Å². The fraction of sp³-hybridized carbons (Fsp3) is 0.345. The molecule has 8 nitrogen and oxygen atoms in total. The minimum absolute atomic E-state index is 0.157. The van der Waals surface area contributed by atoms with Crippen LogP contribution in [0.2, 0.25) is 0 Å². The summed E-state index contributed by atoms with van der Waals surface area (Å²) in [5.41, 5.74) is 2.75. The van der Waals surface area contributed by atoms with Gasteiger partial charge in [-0.25, -0.2) is 13.1 Å². The molecule has 1 amide bonds. The maximum Gasteiger partial charge on any atom is 0.266 e. The largest absolute Gasteiger partial charge is 0.385 e. The average molecular weight is 599 g/mol. The summed E-state index contributed by atoms with van der Waals surface area (Å²) in [5, 5.41) is 4.84. The maximum atomic E-state index is 13.5. The van der Waals surface area contributed by atoms with E-state index in [9.17, 15) is 13.2 Å². The van der Waals surface area contributed by atoms with Crippen LogP contribution in [0.5, 0.6) is 0 Å². The highest BCUT2D eigenvalue weighted by atomic mass is 32.2. The first-order chi connectivity index (χ1) is 19.3. The number of nitrogens with zero attached hydrogens (tertiary/aromatic N) is 4. The first kappa shape index (κ1) is 30.1. The van der Waals surface area contributed by atoms with E-state index in [1.807, 2.05) is 56.4 Å². The molecule has 1 saturated heterocycles. The summed E-state index contributed by atoms with van der Waals surface area (Å²) in [4.78, 5) is 15.5. The van der Waals surface area contributed by atoms with Gasteiger partial charge in [-0.05, 0) is 49.6 Å². The van der Waals surface area contributed by atoms with Gasteiger partial charge in [0.2, 0.25) is 10.0 Å². The summed E-state index contributed by atoms with van der Waals surface area (Å²) < 4.78 is 35.9. The van der Waals surface area contributed by atoms with E-state index in [4.69, 9.17) is 22.1 Å². The van der Waals surface area contributed by atoms with E-state index in [1.165, 1.54) is 16.1 Å². The van der Waals surface area contributed by atoms with Crippen molar-refractivity contribution in [2.75, 3.05) is 33.4 Å². The normalized spacial score (nSPS) is 15.1. The summed E-state index contributed by atoms with van der Waals surface area (Å²) in [7, 11) is -2.05. The van der Waals surface area contributed by atoms with Crippen LogP contribution in [0.25, 0.3) is 23.0 Å².